The SMILES string of the molecule is CN=C(NCc1cccc(N2CC=CC2)c1)NC1CCN(CCOC(C)C)CC1. The second-order valence-electron chi connectivity index (χ2n) is 8.15. The normalized spacial score (nSPS) is 18.6. The third kappa shape index (κ3) is 7.05. The maximum absolute atomic E-state index is 5.68. The first kappa shape index (κ1) is 21.7. The second-order valence-corrected chi connectivity index (χ2v) is 8.15. The van der Waals surface area contributed by atoms with Crippen LogP contribution in [0.5, 0.6) is 0 Å². The van der Waals surface area contributed by atoms with Crippen molar-refractivity contribution in [2.75, 3.05) is 51.3 Å². The van der Waals surface area contributed by atoms with E-state index in [2.05, 4.69) is 75.7 Å². The minimum Gasteiger partial charge on any atom is -0.377 e. The summed E-state index contributed by atoms with van der Waals surface area (Å²) in [6.07, 6.45) is 7.04. The number of hydrogen-bond acceptors (Lipinski definition) is 4. The fraction of sp³-hybridized carbons (Fsp3) is 0.609. The lowest BCUT2D eigenvalue weighted by Crippen LogP contribution is -2.49. The van der Waals surface area contributed by atoms with Gasteiger partial charge < -0.3 is 25.2 Å². The van der Waals surface area contributed by atoms with Gasteiger partial charge >= 0.3 is 0 Å². The molecule has 0 spiro atoms. The predicted octanol–water partition coefficient (Wildman–Crippen LogP) is 2.62. The lowest BCUT2D eigenvalue weighted by molar-refractivity contribution is 0.0532. The molecule has 1 fully saturated rings. The zero-order chi connectivity index (χ0) is 20.5. The van der Waals surface area contributed by atoms with Gasteiger partial charge in [0, 0.05) is 58.0 Å². The van der Waals surface area contributed by atoms with E-state index in [0.717, 1.165) is 64.7 Å². The van der Waals surface area contributed by atoms with Gasteiger partial charge in [-0.2, -0.15) is 0 Å². The van der Waals surface area contributed by atoms with E-state index < -0.39 is 0 Å². The summed E-state index contributed by atoms with van der Waals surface area (Å²) in [5.74, 6) is 0.889. The quantitative estimate of drug-likeness (QED) is 0.400. The standard InChI is InChI=1S/C23H37N5O/c1-19(2)29-16-15-27-13-9-21(10-14-27)26-23(24-3)25-18-20-7-6-8-22(17-20)28-11-4-5-12-28/h4-8,17,19,21H,9-16,18H2,1-3H3,(H2,24,25,26). The van der Waals surface area contributed by atoms with Crippen LogP contribution < -0.4 is 15.5 Å². The van der Waals surface area contributed by atoms with Crippen molar-refractivity contribution in [1.82, 2.24) is 15.5 Å². The summed E-state index contributed by atoms with van der Waals surface area (Å²) in [5, 5.41) is 7.08. The molecule has 29 heavy (non-hydrogen) atoms. The van der Waals surface area contributed by atoms with Crippen LogP contribution in [0.15, 0.2) is 41.4 Å². The van der Waals surface area contributed by atoms with Gasteiger partial charge in [-0.15, -0.1) is 0 Å². The summed E-state index contributed by atoms with van der Waals surface area (Å²) >= 11 is 0. The Balaban J connectivity index is 1.39. The number of piperidine rings is 1. The summed E-state index contributed by atoms with van der Waals surface area (Å²) in [7, 11) is 1.85. The van der Waals surface area contributed by atoms with Gasteiger partial charge in [-0.3, -0.25) is 4.99 Å². The summed E-state index contributed by atoms with van der Waals surface area (Å²) in [5.41, 5.74) is 2.56. The van der Waals surface area contributed by atoms with Crippen molar-refractivity contribution < 1.29 is 4.74 Å². The fourth-order valence-electron chi connectivity index (χ4n) is 3.84. The number of likely N-dealkylation sites (tertiary alicyclic amines) is 1. The Morgan fingerprint density at radius 2 is 1.97 bits per heavy atom. The molecule has 0 radical (unpaired) electrons. The van der Waals surface area contributed by atoms with Crippen LogP contribution in [0, 0.1) is 0 Å². The molecule has 0 aromatic heterocycles. The molecule has 6 heteroatoms. The molecular formula is C23H37N5O. The molecule has 1 saturated heterocycles. The molecule has 0 saturated carbocycles. The Labute approximate surface area is 176 Å². The number of guanidine groups is 1. The fourth-order valence-corrected chi connectivity index (χ4v) is 3.84. The van der Waals surface area contributed by atoms with Crippen molar-refractivity contribution in [3.8, 4) is 0 Å². The smallest absolute Gasteiger partial charge is 0.191 e. The maximum atomic E-state index is 5.68. The van der Waals surface area contributed by atoms with Gasteiger partial charge in [0.05, 0.1) is 12.7 Å². The van der Waals surface area contributed by atoms with E-state index in [0.29, 0.717) is 12.1 Å². The first-order valence-electron chi connectivity index (χ1n) is 10.9. The highest BCUT2D eigenvalue weighted by Crippen LogP contribution is 2.18. The Bertz CT molecular complexity index is 672. The van der Waals surface area contributed by atoms with E-state index >= 15 is 0 Å². The molecular weight excluding hydrogens is 362 g/mol. The highest BCUT2D eigenvalue weighted by Gasteiger charge is 2.19. The van der Waals surface area contributed by atoms with E-state index in [-0.39, 0.29) is 0 Å². The minimum absolute atomic E-state index is 0.316. The highest BCUT2D eigenvalue weighted by atomic mass is 16.5. The summed E-state index contributed by atoms with van der Waals surface area (Å²) in [6, 6.07) is 9.24. The topological polar surface area (TPSA) is 52.1 Å². The zero-order valence-corrected chi connectivity index (χ0v) is 18.2. The molecule has 2 heterocycles. The molecule has 1 aromatic rings. The number of anilines is 1. The third-order valence-electron chi connectivity index (χ3n) is 5.56. The number of benzene rings is 1. The number of hydrogen-bond donors (Lipinski definition) is 2. The molecule has 0 bridgehead atoms. The van der Waals surface area contributed by atoms with Gasteiger partial charge in [0.1, 0.15) is 0 Å². The zero-order valence-electron chi connectivity index (χ0n) is 18.2. The lowest BCUT2D eigenvalue weighted by Gasteiger charge is -2.33. The van der Waals surface area contributed by atoms with Crippen molar-refractivity contribution in [1.29, 1.82) is 0 Å². The predicted molar refractivity (Wildman–Crippen MR) is 122 cm³/mol. The lowest BCUT2D eigenvalue weighted by atomic mass is 10.1. The molecule has 2 N–H and O–H groups in total. The average molecular weight is 400 g/mol. The van der Waals surface area contributed by atoms with Crippen LogP contribution in [0.3, 0.4) is 0 Å². The molecule has 6 nitrogen and oxygen atoms in total. The van der Waals surface area contributed by atoms with Crippen LogP contribution in [0.25, 0.3) is 0 Å². The van der Waals surface area contributed by atoms with Crippen LogP contribution in [0.4, 0.5) is 5.69 Å². The van der Waals surface area contributed by atoms with E-state index in [9.17, 15) is 0 Å². The molecule has 0 aliphatic carbocycles. The summed E-state index contributed by atoms with van der Waals surface area (Å²) < 4.78 is 5.68. The minimum atomic E-state index is 0.316. The monoisotopic (exact) mass is 399 g/mol. The number of ether oxygens (including phenoxy) is 1. The molecule has 2 aliphatic heterocycles. The highest BCUT2D eigenvalue weighted by molar-refractivity contribution is 5.80. The molecule has 3 rings (SSSR count). The van der Waals surface area contributed by atoms with Crippen molar-refractivity contribution in [2.45, 2.75) is 45.4 Å². The summed E-state index contributed by atoms with van der Waals surface area (Å²) in [4.78, 5) is 9.29. The van der Waals surface area contributed by atoms with Gasteiger partial charge in [0.15, 0.2) is 5.96 Å². The van der Waals surface area contributed by atoms with Crippen molar-refractivity contribution in [3.05, 3.63) is 42.0 Å². The molecule has 0 atom stereocenters. The van der Waals surface area contributed by atoms with Crippen molar-refractivity contribution in [3.63, 3.8) is 0 Å². The Hall–Kier alpha value is -2.05. The van der Waals surface area contributed by atoms with Gasteiger partial charge in [-0.1, -0.05) is 24.3 Å². The second kappa shape index (κ2) is 11.2. The van der Waals surface area contributed by atoms with Crippen LogP contribution >= 0.6 is 0 Å². The molecule has 0 amide bonds. The summed E-state index contributed by atoms with van der Waals surface area (Å²) in [6.45, 7) is 11.0. The van der Waals surface area contributed by atoms with Crippen LogP contribution in [-0.4, -0.2) is 69.4 Å². The van der Waals surface area contributed by atoms with E-state index in [4.69, 9.17) is 4.74 Å². The van der Waals surface area contributed by atoms with Crippen molar-refractivity contribution >= 4 is 11.6 Å². The van der Waals surface area contributed by atoms with E-state index in [1.807, 2.05) is 7.05 Å². The third-order valence-corrected chi connectivity index (χ3v) is 5.56. The Morgan fingerprint density at radius 1 is 1.21 bits per heavy atom. The van der Waals surface area contributed by atoms with Crippen LogP contribution in [0.2, 0.25) is 0 Å². The molecule has 0 unspecified atom stereocenters. The Kier molecular flexibility index (Phi) is 8.38. The largest absolute Gasteiger partial charge is 0.377 e. The maximum Gasteiger partial charge on any atom is 0.191 e. The molecule has 1 aromatic carbocycles. The Morgan fingerprint density at radius 3 is 2.66 bits per heavy atom. The number of nitrogens with zero attached hydrogens (tertiary/aromatic N) is 3. The van der Waals surface area contributed by atoms with Crippen molar-refractivity contribution in [2.24, 2.45) is 4.99 Å². The number of rotatable bonds is 8. The van der Waals surface area contributed by atoms with Gasteiger partial charge in [-0.05, 0) is 44.4 Å². The number of aliphatic imine (C=N–C) groups is 1. The first-order valence-corrected chi connectivity index (χ1v) is 10.9. The number of nitrogens with one attached hydrogen (secondary N) is 2. The average Bonchev–Trinajstić information content (AvgIpc) is 3.27. The first-order chi connectivity index (χ1) is 14.1. The van der Waals surface area contributed by atoms with E-state index in [1.165, 1.54) is 11.3 Å². The van der Waals surface area contributed by atoms with Gasteiger partial charge in [-0.25, -0.2) is 0 Å². The van der Waals surface area contributed by atoms with E-state index in [1.54, 1.807) is 0 Å². The van der Waals surface area contributed by atoms with Gasteiger partial charge in [0.25, 0.3) is 0 Å². The molecule has 160 valence electrons. The van der Waals surface area contributed by atoms with Crippen LogP contribution in [-0.2, 0) is 11.3 Å². The molecule has 2 aliphatic rings. The van der Waals surface area contributed by atoms with Crippen LogP contribution in [0.1, 0.15) is 32.3 Å². The van der Waals surface area contributed by atoms with Gasteiger partial charge in [0.2, 0.25) is 0 Å².